The number of para-hydroxylation sites is 2. The van der Waals surface area contributed by atoms with E-state index >= 15 is 0 Å². The summed E-state index contributed by atoms with van der Waals surface area (Å²) in [5, 5.41) is 0. The second kappa shape index (κ2) is 4.33. The fourth-order valence-electron chi connectivity index (χ4n) is 1.55. The molecule has 1 atom stereocenters. The molecular weight excluding hydrogens is 178 g/mol. The van der Waals surface area contributed by atoms with Crippen LogP contribution in [0.25, 0.3) is 0 Å². The standard InChI is InChI=1S/C11H15NO2/c12-7-3-4-9-8-13-10-5-1-2-6-11(10)14-9/h1-2,5-6,9H,3-4,7-8,12H2. The third-order valence-corrected chi connectivity index (χ3v) is 2.30. The smallest absolute Gasteiger partial charge is 0.161 e. The van der Waals surface area contributed by atoms with Gasteiger partial charge in [0.2, 0.25) is 0 Å². The molecule has 2 N–H and O–H groups in total. The maximum absolute atomic E-state index is 5.75. The van der Waals surface area contributed by atoms with Gasteiger partial charge in [-0.3, -0.25) is 0 Å². The van der Waals surface area contributed by atoms with Crippen LogP contribution in [0.5, 0.6) is 11.5 Å². The van der Waals surface area contributed by atoms with E-state index in [0.717, 1.165) is 24.3 Å². The van der Waals surface area contributed by atoms with Crippen LogP contribution in [0.1, 0.15) is 12.8 Å². The Morgan fingerprint density at radius 2 is 2.07 bits per heavy atom. The molecule has 1 aliphatic rings. The summed E-state index contributed by atoms with van der Waals surface area (Å²) in [7, 11) is 0. The largest absolute Gasteiger partial charge is 0.486 e. The third-order valence-electron chi connectivity index (χ3n) is 2.30. The van der Waals surface area contributed by atoms with Gasteiger partial charge in [-0.05, 0) is 31.5 Å². The van der Waals surface area contributed by atoms with E-state index in [9.17, 15) is 0 Å². The van der Waals surface area contributed by atoms with E-state index < -0.39 is 0 Å². The van der Waals surface area contributed by atoms with Gasteiger partial charge in [-0.25, -0.2) is 0 Å². The van der Waals surface area contributed by atoms with Crippen molar-refractivity contribution in [1.29, 1.82) is 0 Å². The lowest BCUT2D eigenvalue weighted by atomic mass is 10.2. The van der Waals surface area contributed by atoms with Gasteiger partial charge in [0.05, 0.1) is 0 Å². The number of hydrogen-bond acceptors (Lipinski definition) is 3. The summed E-state index contributed by atoms with van der Waals surface area (Å²) < 4.78 is 11.3. The van der Waals surface area contributed by atoms with Crippen LogP contribution in [0.4, 0.5) is 0 Å². The van der Waals surface area contributed by atoms with E-state index in [1.807, 2.05) is 24.3 Å². The predicted molar refractivity (Wildman–Crippen MR) is 54.6 cm³/mol. The Balaban J connectivity index is 1.99. The Morgan fingerprint density at radius 3 is 2.86 bits per heavy atom. The van der Waals surface area contributed by atoms with Crippen LogP contribution in [0.15, 0.2) is 24.3 Å². The minimum Gasteiger partial charge on any atom is -0.486 e. The van der Waals surface area contributed by atoms with Crippen molar-refractivity contribution in [2.75, 3.05) is 13.2 Å². The highest BCUT2D eigenvalue weighted by atomic mass is 16.6. The van der Waals surface area contributed by atoms with Crippen molar-refractivity contribution in [3.8, 4) is 11.5 Å². The van der Waals surface area contributed by atoms with Crippen LogP contribution in [0.2, 0.25) is 0 Å². The molecule has 1 aromatic rings. The Bertz CT molecular complexity index is 301. The van der Waals surface area contributed by atoms with Crippen molar-refractivity contribution in [3.63, 3.8) is 0 Å². The summed E-state index contributed by atoms with van der Waals surface area (Å²) >= 11 is 0. The van der Waals surface area contributed by atoms with E-state index in [4.69, 9.17) is 15.2 Å². The molecule has 3 heteroatoms. The first-order chi connectivity index (χ1) is 6.90. The van der Waals surface area contributed by atoms with Crippen LogP contribution in [-0.2, 0) is 0 Å². The van der Waals surface area contributed by atoms with E-state index in [1.54, 1.807) is 0 Å². The van der Waals surface area contributed by atoms with Crippen molar-refractivity contribution >= 4 is 0 Å². The third kappa shape index (κ3) is 1.99. The maximum Gasteiger partial charge on any atom is 0.161 e. The van der Waals surface area contributed by atoms with Crippen molar-refractivity contribution in [2.24, 2.45) is 5.73 Å². The number of rotatable bonds is 3. The normalized spacial score (nSPS) is 19.4. The molecule has 0 radical (unpaired) electrons. The average Bonchev–Trinajstić information content (AvgIpc) is 2.26. The van der Waals surface area contributed by atoms with Gasteiger partial charge in [-0.2, -0.15) is 0 Å². The van der Waals surface area contributed by atoms with Crippen LogP contribution in [-0.4, -0.2) is 19.3 Å². The Hall–Kier alpha value is -1.22. The molecule has 0 spiro atoms. The molecule has 1 aromatic carbocycles. The number of nitrogens with two attached hydrogens (primary N) is 1. The van der Waals surface area contributed by atoms with Gasteiger partial charge in [-0.15, -0.1) is 0 Å². The number of ether oxygens (including phenoxy) is 2. The average molecular weight is 193 g/mol. The molecule has 1 unspecified atom stereocenters. The van der Waals surface area contributed by atoms with Crippen LogP contribution in [0, 0.1) is 0 Å². The molecule has 2 rings (SSSR count). The molecule has 0 amide bonds. The molecule has 0 bridgehead atoms. The van der Waals surface area contributed by atoms with Gasteiger partial charge < -0.3 is 15.2 Å². The molecule has 0 fully saturated rings. The molecule has 0 saturated heterocycles. The second-order valence-corrected chi connectivity index (χ2v) is 3.43. The zero-order chi connectivity index (χ0) is 9.80. The number of fused-ring (bicyclic) bond motifs is 1. The molecule has 0 aliphatic carbocycles. The first kappa shape index (κ1) is 9.34. The predicted octanol–water partition coefficient (Wildman–Crippen LogP) is 1.57. The van der Waals surface area contributed by atoms with Gasteiger partial charge >= 0.3 is 0 Å². The summed E-state index contributed by atoms with van der Waals surface area (Å²) in [6.45, 7) is 1.35. The lowest BCUT2D eigenvalue weighted by Crippen LogP contribution is -2.29. The van der Waals surface area contributed by atoms with Gasteiger partial charge in [0, 0.05) is 0 Å². The monoisotopic (exact) mass is 193 g/mol. The van der Waals surface area contributed by atoms with Crippen LogP contribution < -0.4 is 15.2 Å². The highest BCUT2D eigenvalue weighted by molar-refractivity contribution is 5.40. The Kier molecular flexibility index (Phi) is 2.89. The highest BCUT2D eigenvalue weighted by Gasteiger charge is 2.19. The van der Waals surface area contributed by atoms with Crippen molar-refractivity contribution < 1.29 is 9.47 Å². The SMILES string of the molecule is NCCCC1COc2ccccc2O1. The molecule has 14 heavy (non-hydrogen) atoms. The summed E-state index contributed by atoms with van der Waals surface area (Å²) in [6, 6.07) is 7.76. The molecule has 0 aromatic heterocycles. The van der Waals surface area contributed by atoms with E-state index in [2.05, 4.69) is 0 Å². The van der Waals surface area contributed by atoms with E-state index in [1.165, 1.54) is 0 Å². The Morgan fingerprint density at radius 1 is 1.29 bits per heavy atom. The number of hydrogen-bond donors (Lipinski definition) is 1. The molecular formula is C11H15NO2. The summed E-state index contributed by atoms with van der Waals surface area (Å²) in [5.74, 6) is 1.69. The van der Waals surface area contributed by atoms with E-state index in [-0.39, 0.29) is 6.10 Å². The van der Waals surface area contributed by atoms with Gasteiger partial charge in [0.1, 0.15) is 12.7 Å². The van der Waals surface area contributed by atoms with Gasteiger partial charge in [-0.1, -0.05) is 12.1 Å². The molecule has 3 nitrogen and oxygen atoms in total. The molecule has 1 heterocycles. The highest BCUT2D eigenvalue weighted by Crippen LogP contribution is 2.31. The fraction of sp³-hybridized carbons (Fsp3) is 0.455. The topological polar surface area (TPSA) is 44.5 Å². The van der Waals surface area contributed by atoms with Gasteiger partial charge in [0.25, 0.3) is 0 Å². The first-order valence-electron chi connectivity index (χ1n) is 4.98. The number of benzene rings is 1. The molecule has 0 saturated carbocycles. The van der Waals surface area contributed by atoms with Crippen molar-refractivity contribution in [1.82, 2.24) is 0 Å². The lowest BCUT2D eigenvalue weighted by Gasteiger charge is -2.26. The zero-order valence-electron chi connectivity index (χ0n) is 8.11. The van der Waals surface area contributed by atoms with Crippen molar-refractivity contribution in [3.05, 3.63) is 24.3 Å². The summed E-state index contributed by atoms with van der Waals surface area (Å²) in [4.78, 5) is 0. The van der Waals surface area contributed by atoms with Crippen molar-refractivity contribution in [2.45, 2.75) is 18.9 Å². The van der Waals surface area contributed by atoms with Crippen LogP contribution in [0.3, 0.4) is 0 Å². The lowest BCUT2D eigenvalue weighted by molar-refractivity contribution is 0.0839. The van der Waals surface area contributed by atoms with Crippen LogP contribution >= 0.6 is 0 Å². The van der Waals surface area contributed by atoms with Gasteiger partial charge in [0.15, 0.2) is 11.5 Å². The minimum atomic E-state index is 0.161. The molecule has 76 valence electrons. The minimum absolute atomic E-state index is 0.161. The summed E-state index contributed by atoms with van der Waals surface area (Å²) in [6.07, 6.45) is 2.11. The first-order valence-corrected chi connectivity index (χ1v) is 4.98. The second-order valence-electron chi connectivity index (χ2n) is 3.43. The fourth-order valence-corrected chi connectivity index (χ4v) is 1.55. The summed E-state index contributed by atoms with van der Waals surface area (Å²) in [5.41, 5.74) is 5.44. The van der Waals surface area contributed by atoms with E-state index in [0.29, 0.717) is 13.2 Å². The Labute approximate surface area is 83.8 Å². The quantitative estimate of drug-likeness (QED) is 0.792. The maximum atomic E-state index is 5.75. The molecule has 1 aliphatic heterocycles. The zero-order valence-corrected chi connectivity index (χ0v) is 8.11.